The SMILES string of the molecule is COCC(C)NC(=O)Nc1cc(OC)c(Cl)cc1OC. The second-order valence-corrected chi connectivity index (χ2v) is 4.55. The third kappa shape index (κ3) is 4.47. The molecule has 1 atom stereocenters. The van der Waals surface area contributed by atoms with Gasteiger partial charge in [0, 0.05) is 19.2 Å². The summed E-state index contributed by atoms with van der Waals surface area (Å²) in [7, 11) is 4.57. The van der Waals surface area contributed by atoms with E-state index in [-0.39, 0.29) is 12.1 Å². The molecule has 112 valence electrons. The molecule has 2 amide bonds. The van der Waals surface area contributed by atoms with Crippen molar-refractivity contribution in [2.24, 2.45) is 0 Å². The Labute approximate surface area is 123 Å². The van der Waals surface area contributed by atoms with E-state index in [4.69, 9.17) is 25.8 Å². The number of hydrogen-bond acceptors (Lipinski definition) is 4. The standard InChI is InChI=1S/C13H19ClN2O4/c1-8(7-18-2)15-13(17)16-10-6-11(19-3)9(14)5-12(10)20-4/h5-6,8H,7H2,1-4H3,(H2,15,16,17). The highest BCUT2D eigenvalue weighted by Crippen LogP contribution is 2.35. The maximum Gasteiger partial charge on any atom is 0.319 e. The molecule has 0 fully saturated rings. The number of benzene rings is 1. The average Bonchev–Trinajstić information content (AvgIpc) is 2.40. The fraction of sp³-hybridized carbons (Fsp3) is 0.462. The van der Waals surface area contributed by atoms with Crippen LogP contribution in [0.5, 0.6) is 11.5 Å². The Kier molecular flexibility index (Phi) is 6.41. The van der Waals surface area contributed by atoms with Crippen LogP contribution in [-0.2, 0) is 4.74 Å². The number of urea groups is 1. The molecule has 0 radical (unpaired) electrons. The summed E-state index contributed by atoms with van der Waals surface area (Å²) in [4.78, 5) is 11.8. The molecule has 0 saturated heterocycles. The molecule has 1 aromatic rings. The molecule has 1 aromatic carbocycles. The van der Waals surface area contributed by atoms with Gasteiger partial charge in [0.25, 0.3) is 0 Å². The molecule has 2 N–H and O–H groups in total. The topological polar surface area (TPSA) is 68.8 Å². The van der Waals surface area contributed by atoms with Gasteiger partial charge < -0.3 is 24.8 Å². The van der Waals surface area contributed by atoms with Gasteiger partial charge in [0.1, 0.15) is 11.5 Å². The zero-order valence-corrected chi connectivity index (χ0v) is 12.7. The largest absolute Gasteiger partial charge is 0.495 e. The van der Waals surface area contributed by atoms with Crippen molar-refractivity contribution in [1.29, 1.82) is 0 Å². The molecule has 0 bridgehead atoms. The number of carbonyl (C=O) groups excluding carboxylic acids is 1. The third-order valence-electron chi connectivity index (χ3n) is 2.52. The van der Waals surface area contributed by atoms with Crippen molar-refractivity contribution < 1.29 is 19.0 Å². The lowest BCUT2D eigenvalue weighted by molar-refractivity contribution is 0.173. The zero-order chi connectivity index (χ0) is 15.1. The lowest BCUT2D eigenvalue weighted by Gasteiger charge is -2.16. The van der Waals surface area contributed by atoms with Crippen molar-refractivity contribution in [3.63, 3.8) is 0 Å². The van der Waals surface area contributed by atoms with Crippen molar-refractivity contribution in [1.82, 2.24) is 5.32 Å². The van der Waals surface area contributed by atoms with Crippen molar-refractivity contribution in [3.8, 4) is 11.5 Å². The summed E-state index contributed by atoms with van der Waals surface area (Å²) in [5, 5.41) is 5.82. The van der Waals surface area contributed by atoms with Crippen LogP contribution in [0, 0.1) is 0 Å². The molecule has 0 heterocycles. The average molecular weight is 303 g/mol. The van der Waals surface area contributed by atoms with Crippen LogP contribution in [0.1, 0.15) is 6.92 Å². The quantitative estimate of drug-likeness (QED) is 0.847. The van der Waals surface area contributed by atoms with E-state index in [0.29, 0.717) is 28.8 Å². The summed E-state index contributed by atoms with van der Waals surface area (Å²) in [6.07, 6.45) is 0. The number of ether oxygens (including phenoxy) is 3. The maximum atomic E-state index is 11.8. The highest BCUT2D eigenvalue weighted by molar-refractivity contribution is 6.32. The Morgan fingerprint density at radius 1 is 1.25 bits per heavy atom. The lowest BCUT2D eigenvalue weighted by atomic mass is 10.2. The molecule has 0 spiro atoms. The van der Waals surface area contributed by atoms with E-state index in [1.807, 2.05) is 6.92 Å². The molecule has 20 heavy (non-hydrogen) atoms. The fourth-order valence-corrected chi connectivity index (χ4v) is 1.86. The third-order valence-corrected chi connectivity index (χ3v) is 2.81. The highest BCUT2D eigenvalue weighted by Gasteiger charge is 2.13. The first-order valence-electron chi connectivity index (χ1n) is 5.99. The second kappa shape index (κ2) is 7.81. The van der Waals surface area contributed by atoms with Gasteiger partial charge in [0.2, 0.25) is 0 Å². The molecular formula is C13H19ClN2O4. The van der Waals surface area contributed by atoms with Crippen molar-refractivity contribution in [2.45, 2.75) is 13.0 Å². The van der Waals surface area contributed by atoms with Crippen molar-refractivity contribution >= 4 is 23.3 Å². The van der Waals surface area contributed by atoms with Gasteiger partial charge in [0.05, 0.1) is 37.6 Å². The molecule has 7 heteroatoms. The van der Waals surface area contributed by atoms with Crippen LogP contribution in [-0.4, -0.2) is 40.0 Å². The maximum absolute atomic E-state index is 11.8. The number of anilines is 1. The molecule has 6 nitrogen and oxygen atoms in total. The van der Waals surface area contributed by atoms with Gasteiger partial charge in [-0.25, -0.2) is 4.79 Å². The Hall–Kier alpha value is -1.66. The molecule has 0 aliphatic carbocycles. The first-order valence-corrected chi connectivity index (χ1v) is 6.37. The van der Waals surface area contributed by atoms with Crippen LogP contribution in [0.15, 0.2) is 12.1 Å². The van der Waals surface area contributed by atoms with Gasteiger partial charge in [-0.05, 0) is 6.92 Å². The van der Waals surface area contributed by atoms with Crippen LogP contribution in [0.2, 0.25) is 5.02 Å². The number of halogens is 1. The van der Waals surface area contributed by atoms with Gasteiger partial charge in [-0.15, -0.1) is 0 Å². The molecule has 0 aliphatic heterocycles. The highest BCUT2D eigenvalue weighted by atomic mass is 35.5. The van der Waals surface area contributed by atoms with Crippen LogP contribution in [0.25, 0.3) is 0 Å². The Balaban J connectivity index is 2.82. The number of amides is 2. The summed E-state index contributed by atoms with van der Waals surface area (Å²) in [5.41, 5.74) is 0.468. The molecule has 1 unspecified atom stereocenters. The predicted octanol–water partition coefficient (Wildman–Crippen LogP) is 2.51. The Bertz CT molecular complexity index is 468. The lowest BCUT2D eigenvalue weighted by Crippen LogP contribution is -2.38. The van der Waals surface area contributed by atoms with E-state index in [1.54, 1.807) is 19.2 Å². The second-order valence-electron chi connectivity index (χ2n) is 4.14. The summed E-state index contributed by atoms with van der Waals surface area (Å²) < 4.78 is 15.2. The number of hydrogen-bond donors (Lipinski definition) is 2. The zero-order valence-electron chi connectivity index (χ0n) is 12.0. The predicted molar refractivity (Wildman–Crippen MR) is 78.0 cm³/mol. The minimum Gasteiger partial charge on any atom is -0.495 e. The Morgan fingerprint density at radius 2 is 1.90 bits per heavy atom. The first-order chi connectivity index (χ1) is 9.51. The van der Waals surface area contributed by atoms with Gasteiger partial charge in [-0.3, -0.25) is 0 Å². The van der Waals surface area contributed by atoms with Gasteiger partial charge in [0.15, 0.2) is 0 Å². The normalized spacial score (nSPS) is 11.7. The van der Waals surface area contributed by atoms with E-state index < -0.39 is 0 Å². The molecular weight excluding hydrogens is 284 g/mol. The minimum absolute atomic E-state index is 0.111. The van der Waals surface area contributed by atoms with E-state index in [1.165, 1.54) is 14.2 Å². The number of nitrogens with one attached hydrogen (secondary N) is 2. The summed E-state index contributed by atoms with van der Waals surface area (Å²) in [5.74, 6) is 0.901. The number of methoxy groups -OCH3 is 3. The van der Waals surface area contributed by atoms with Crippen molar-refractivity contribution in [2.75, 3.05) is 33.3 Å². The van der Waals surface area contributed by atoms with Gasteiger partial charge >= 0.3 is 6.03 Å². The van der Waals surface area contributed by atoms with E-state index in [9.17, 15) is 4.79 Å². The molecule has 0 aliphatic rings. The van der Waals surface area contributed by atoms with Gasteiger partial charge in [-0.2, -0.15) is 0 Å². The minimum atomic E-state index is -0.364. The van der Waals surface area contributed by atoms with Crippen LogP contribution >= 0.6 is 11.6 Å². The first kappa shape index (κ1) is 16.4. The smallest absolute Gasteiger partial charge is 0.319 e. The number of carbonyl (C=O) groups is 1. The molecule has 0 aromatic heterocycles. The summed E-state index contributed by atoms with van der Waals surface area (Å²) in [6.45, 7) is 2.26. The van der Waals surface area contributed by atoms with Crippen molar-refractivity contribution in [3.05, 3.63) is 17.2 Å². The van der Waals surface area contributed by atoms with Crippen LogP contribution < -0.4 is 20.1 Å². The van der Waals surface area contributed by atoms with Gasteiger partial charge in [-0.1, -0.05) is 11.6 Å². The number of rotatable bonds is 6. The molecule has 1 rings (SSSR count). The summed E-state index contributed by atoms with van der Waals surface area (Å²) in [6, 6.07) is 2.70. The molecule has 0 saturated carbocycles. The summed E-state index contributed by atoms with van der Waals surface area (Å²) >= 11 is 5.99. The van der Waals surface area contributed by atoms with E-state index >= 15 is 0 Å². The fourth-order valence-electron chi connectivity index (χ4n) is 1.63. The Morgan fingerprint density at radius 3 is 2.45 bits per heavy atom. The van der Waals surface area contributed by atoms with E-state index in [0.717, 1.165) is 0 Å². The monoisotopic (exact) mass is 302 g/mol. The van der Waals surface area contributed by atoms with Crippen LogP contribution in [0.3, 0.4) is 0 Å². The van der Waals surface area contributed by atoms with Crippen LogP contribution in [0.4, 0.5) is 10.5 Å². The van der Waals surface area contributed by atoms with E-state index in [2.05, 4.69) is 10.6 Å².